The number of hydrogen-bond donors (Lipinski definition) is 1. The number of rotatable bonds is 3. The van der Waals surface area contributed by atoms with Gasteiger partial charge in [-0.25, -0.2) is 4.98 Å². The van der Waals surface area contributed by atoms with Crippen molar-refractivity contribution in [1.29, 1.82) is 0 Å². The lowest BCUT2D eigenvalue weighted by Gasteiger charge is -1.95. The molecule has 0 saturated heterocycles. The lowest BCUT2D eigenvalue weighted by atomic mass is 10.1. The molecular formula is C14H11N5OS. The average Bonchev–Trinajstić information content (AvgIpc) is 3.19. The summed E-state index contributed by atoms with van der Waals surface area (Å²) in [4.78, 5) is 8.87. The molecule has 0 aliphatic carbocycles. The van der Waals surface area contributed by atoms with Crippen molar-refractivity contribution >= 4 is 22.2 Å². The summed E-state index contributed by atoms with van der Waals surface area (Å²) >= 11 is 1.62. The molecule has 21 heavy (non-hydrogen) atoms. The summed E-state index contributed by atoms with van der Waals surface area (Å²) in [5, 5.41) is 15.0. The minimum absolute atomic E-state index is 0.504. The second-order valence-corrected chi connectivity index (χ2v) is 5.75. The molecule has 0 unspecified atom stereocenters. The normalized spacial score (nSPS) is 11.3. The molecule has 3 heterocycles. The Bertz CT molecular complexity index is 907. The molecule has 0 aliphatic heterocycles. The van der Waals surface area contributed by atoms with Gasteiger partial charge in [-0.05, 0) is 19.1 Å². The van der Waals surface area contributed by atoms with E-state index in [-0.39, 0.29) is 0 Å². The van der Waals surface area contributed by atoms with Gasteiger partial charge in [-0.3, -0.25) is 5.10 Å². The van der Waals surface area contributed by atoms with E-state index in [2.05, 4.69) is 25.3 Å². The molecule has 4 aromatic rings. The van der Waals surface area contributed by atoms with Crippen molar-refractivity contribution in [3.05, 3.63) is 46.3 Å². The van der Waals surface area contributed by atoms with Gasteiger partial charge >= 0.3 is 0 Å². The van der Waals surface area contributed by atoms with Crippen LogP contribution in [0.5, 0.6) is 0 Å². The molecule has 0 spiro atoms. The number of benzene rings is 1. The van der Waals surface area contributed by atoms with Crippen molar-refractivity contribution in [3.8, 4) is 11.5 Å². The first-order valence-corrected chi connectivity index (χ1v) is 7.33. The zero-order chi connectivity index (χ0) is 14.2. The Kier molecular flexibility index (Phi) is 2.78. The predicted molar refractivity (Wildman–Crippen MR) is 79.0 cm³/mol. The number of fused-ring (bicyclic) bond motifs is 1. The summed E-state index contributed by atoms with van der Waals surface area (Å²) in [7, 11) is 0. The topological polar surface area (TPSA) is 80.5 Å². The van der Waals surface area contributed by atoms with E-state index in [4.69, 9.17) is 4.52 Å². The molecule has 1 N–H and O–H groups in total. The summed E-state index contributed by atoms with van der Waals surface area (Å²) in [6.07, 6.45) is 2.34. The smallest absolute Gasteiger partial charge is 0.258 e. The second kappa shape index (κ2) is 4.78. The van der Waals surface area contributed by atoms with E-state index in [0.717, 1.165) is 27.2 Å². The highest BCUT2D eigenvalue weighted by Crippen LogP contribution is 2.26. The van der Waals surface area contributed by atoms with Crippen LogP contribution in [0.4, 0.5) is 0 Å². The van der Waals surface area contributed by atoms with Crippen LogP contribution in [-0.4, -0.2) is 25.3 Å². The molecule has 6 nitrogen and oxygen atoms in total. The molecule has 0 fully saturated rings. The number of nitrogens with zero attached hydrogens (tertiary/aromatic N) is 4. The minimum atomic E-state index is 0.504. The Morgan fingerprint density at radius 1 is 1.29 bits per heavy atom. The number of aromatic nitrogens is 5. The van der Waals surface area contributed by atoms with Crippen LogP contribution in [0.3, 0.4) is 0 Å². The predicted octanol–water partition coefficient (Wildman–Crippen LogP) is 2.97. The fourth-order valence-corrected chi connectivity index (χ4v) is 2.85. The van der Waals surface area contributed by atoms with Crippen molar-refractivity contribution in [2.24, 2.45) is 0 Å². The van der Waals surface area contributed by atoms with Crippen LogP contribution in [0.25, 0.3) is 22.4 Å². The first kappa shape index (κ1) is 12.2. The first-order chi connectivity index (χ1) is 10.3. The molecule has 7 heteroatoms. The molecule has 0 bridgehead atoms. The Hall–Kier alpha value is -2.54. The van der Waals surface area contributed by atoms with Gasteiger partial charge in [-0.2, -0.15) is 10.1 Å². The van der Waals surface area contributed by atoms with Crippen molar-refractivity contribution in [2.75, 3.05) is 0 Å². The van der Waals surface area contributed by atoms with Crippen LogP contribution >= 0.6 is 11.3 Å². The molecule has 4 rings (SSSR count). The van der Waals surface area contributed by atoms with Crippen LogP contribution in [0.15, 0.2) is 34.3 Å². The lowest BCUT2D eigenvalue weighted by Crippen LogP contribution is -1.91. The van der Waals surface area contributed by atoms with Gasteiger partial charge in [0, 0.05) is 10.8 Å². The van der Waals surface area contributed by atoms with Crippen LogP contribution in [0.1, 0.15) is 16.5 Å². The maximum absolute atomic E-state index is 5.38. The van der Waals surface area contributed by atoms with Crippen molar-refractivity contribution in [1.82, 2.24) is 25.3 Å². The Balaban J connectivity index is 1.69. The highest BCUT2D eigenvalue weighted by molar-refractivity contribution is 7.09. The quantitative estimate of drug-likeness (QED) is 0.628. The first-order valence-electron chi connectivity index (χ1n) is 6.45. The molecule has 104 valence electrons. The van der Waals surface area contributed by atoms with E-state index >= 15 is 0 Å². The van der Waals surface area contributed by atoms with E-state index in [1.54, 1.807) is 17.5 Å². The van der Waals surface area contributed by atoms with Crippen LogP contribution < -0.4 is 0 Å². The van der Waals surface area contributed by atoms with Crippen LogP contribution in [-0.2, 0) is 6.42 Å². The maximum atomic E-state index is 5.38. The van der Waals surface area contributed by atoms with Gasteiger partial charge in [0.05, 0.1) is 34.4 Å². The zero-order valence-corrected chi connectivity index (χ0v) is 12.0. The number of H-pyrrole nitrogens is 1. The second-order valence-electron chi connectivity index (χ2n) is 4.69. The molecule has 1 aromatic carbocycles. The van der Waals surface area contributed by atoms with Gasteiger partial charge in [0.25, 0.3) is 5.89 Å². The van der Waals surface area contributed by atoms with Gasteiger partial charge in [-0.1, -0.05) is 11.2 Å². The number of aryl methyl sites for hydroxylation is 1. The number of hydrogen-bond acceptors (Lipinski definition) is 6. The van der Waals surface area contributed by atoms with Crippen LogP contribution in [0.2, 0.25) is 0 Å². The van der Waals surface area contributed by atoms with Gasteiger partial charge in [0.1, 0.15) is 0 Å². The third-order valence-electron chi connectivity index (χ3n) is 3.19. The molecule has 0 saturated carbocycles. The molecule has 0 atom stereocenters. The van der Waals surface area contributed by atoms with E-state index in [9.17, 15) is 0 Å². The van der Waals surface area contributed by atoms with Gasteiger partial charge in [0.15, 0.2) is 5.82 Å². The summed E-state index contributed by atoms with van der Waals surface area (Å²) in [6, 6.07) is 5.84. The molecule has 3 aromatic heterocycles. The van der Waals surface area contributed by atoms with Crippen LogP contribution in [0, 0.1) is 6.92 Å². The van der Waals surface area contributed by atoms with Gasteiger partial charge in [0.2, 0.25) is 0 Å². The SMILES string of the molecule is Cc1nc(Cc2noc(-c3cccc4[nH]ncc34)n2)cs1. The Morgan fingerprint density at radius 2 is 2.24 bits per heavy atom. The third-order valence-corrected chi connectivity index (χ3v) is 4.01. The fraction of sp³-hybridized carbons (Fsp3) is 0.143. The summed E-state index contributed by atoms with van der Waals surface area (Å²) in [5.74, 6) is 1.14. The average molecular weight is 297 g/mol. The summed E-state index contributed by atoms with van der Waals surface area (Å²) in [5.41, 5.74) is 2.79. The van der Waals surface area contributed by atoms with Crippen molar-refractivity contribution in [3.63, 3.8) is 0 Å². The largest absolute Gasteiger partial charge is 0.334 e. The van der Waals surface area contributed by atoms with Crippen molar-refractivity contribution < 1.29 is 4.52 Å². The number of aromatic amines is 1. The molecule has 0 amide bonds. The standard InChI is InChI=1S/C14H11N5OS/c1-8-16-9(7-21-8)5-13-17-14(20-19-13)10-3-2-4-12-11(10)6-15-18-12/h2-4,6-7H,5H2,1H3,(H,15,18). The summed E-state index contributed by atoms with van der Waals surface area (Å²) < 4.78 is 5.38. The molecular weight excluding hydrogens is 286 g/mol. The van der Waals surface area contributed by atoms with E-state index in [1.165, 1.54) is 0 Å². The van der Waals surface area contributed by atoms with Gasteiger partial charge in [-0.15, -0.1) is 11.3 Å². The Labute approximate surface area is 123 Å². The van der Waals surface area contributed by atoms with E-state index in [1.807, 2.05) is 30.5 Å². The Morgan fingerprint density at radius 3 is 3.10 bits per heavy atom. The highest BCUT2D eigenvalue weighted by atomic mass is 32.1. The third kappa shape index (κ3) is 2.21. The minimum Gasteiger partial charge on any atom is -0.334 e. The molecule has 0 aliphatic rings. The number of nitrogens with one attached hydrogen (secondary N) is 1. The number of thiazole rings is 1. The van der Waals surface area contributed by atoms with E-state index in [0.29, 0.717) is 18.1 Å². The van der Waals surface area contributed by atoms with E-state index < -0.39 is 0 Å². The maximum Gasteiger partial charge on any atom is 0.258 e. The molecule has 0 radical (unpaired) electrons. The highest BCUT2D eigenvalue weighted by Gasteiger charge is 2.13. The van der Waals surface area contributed by atoms with Gasteiger partial charge < -0.3 is 4.52 Å². The fourth-order valence-electron chi connectivity index (χ4n) is 2.24. The zero-order valence-electron chi connectivity index (χ0n) is 11.2. The lowest BCUT2D eigenvalue weighted by molar-refractivity contribution is 0.424. The van der Waals surface area contributed by atoms with Crippen molar-refractivity contribution in [2.45, 2.75) is 13.3 Å². The monoisotopic (exact) mass is 297 g/mol. The summed E-state index contributed by atoms with van der Waals surface area (Å²) in [6.45, 7) is 1.98.